The predicted octanol–water partition coefficient (Wildman–Crippen LogP) is 2.52. The molecule has 1 aliphatic rings. The van der Waals surface area contributed by atoms with E-state index < -0.39 is 0 Å². The second-order valence-corrected chi connectivity index (χ2v) is 4.21. The highest BCUT2D eigenvalue weighted by Gasteiger charge is 2.13. The highest BCUT2D eigenvalue weighted by atomic mass is 15.1. The van der Waals surface area contributed by atoms with Crippen molar-refractivity contribution in [1.82, 2.24) is 5.32 Å². The first-order valence-electron chi connectivity index (χ1n) is 6.07. The Morgan fingerprint density at radius 3 is 2.75 bits per heavy atom. The molecule has 1 aromatic carbocycles. The standard InChI is InChI=1S/C14H20N2/c1-15-10-6-8-13-7-2-3-9-14(13)16-11-4-5-12-16/h2-3,6-9,15H,4-5,10-12H2,1H3. The Morgan fingerprint density at radius 2 is 2.00 bits per heavy atom. The largest absolute Gasteiger partial charge is 0.371 e. The van der Waals surface area contributed by atoms with Crippen molar-refractivity contribution in [2.75, 3.05) is 31.6 Å². The first kappa shape index (κ1) is 11.2. The summed E-state index contributed by atoms with van der Waals surface area (Å²) in [5.41, 5.74) is 2.71. The highest BCUT2D eigenvalue weighted by Crippen LogP contribution is 2.25. The number of anilines is 1. The lowest BCUT2D eigenvalue weighted by Crippen LogP contribution is -2.18. The summed E-state index contributed by atoms with van der Waals surface area (Å²) in [4.78, 5) is 2.49. The van der Waals surface area contributed by atoms with Crippen molar-refractivity contribution in [1.29, 1.82) is 0 Å². The van der Waals surface area contributed by atoms with Crippen molar-refractivity contribution in [2.45, 2.75) is 12.8 Å². The third-order valence-electron chi connectivity index (χ3n) is 3.00. The highest BCUT2D eigenvalue weighted by molar-refractivity contribution is 5.68. The van der Waals surface area contributed by atoms with Gasteiger partial charge in [-0.25, -0.2) is 0 Å². The van der Waals surface area contributed by atoms with Crippen LogP contribution in [0, 0.1) is 0 Å². The smallest absolute Gasteiger partial charge is 0.0439 e. The fraction of sp³-hybridized carbons (Fsp3) is 0.429. The van der Waals surface area contributed by atoms with Gasteiger partial charge in [0.1, 0.15) is 0 Å². The maximum atomic E-state index is 3.13. The van der Waals surface area contributed by atoms with Gasteiger partial charge in [-0.15, -0.1) is 0 Å². The minimum atomic E-state index is 0.925. The van der Waals surface area contributed by atoms with Gasteiger partial charge in [-0.3, -0.25) is 0 Å². The molecule has 1 aromatic rings. The summed E-state index contributed by atoms with van der Waals surface area (Å²) in [7, 11) is 1.97. The van der Waals surface area contributed by atoms with Crippen LogP contribution in [0.15, 0.2) is 30.3 Å². The Balaban J connectivity index is 2.16. The van der Waals surface area contributed by atoms with E-state index in [9.17, 15) is 0 Å². The van der Waals surface area contributed by atoms with E-state index in [1.54, 1.807) is 0 Å². The number of hydrogen-bond acceptors (Lipinski definition) is 2. The molecule has 1 aliphatic heterocycles. The van der Waals surface area contributed by atoms with Crippen LogP contribution >= 0.6 is 0 Å². The normalized spacial score (nSPS) is 16.2. The van der Waals surface area contributed by atoms with Crippen molar-refractivity contribution < 1.29 is 0 Å². The molecular formula is C14H20N2. The van der Waals surface area contributed by atoms with E-state index in [2.05, 4.69) is 46.6 Å². The maximum absolute atomic E-state index is 3.13. The van der Waals surface area contributed by atoms with Crippen LogP contribution < -0.4 is 10.2 Å². The minimum Gasteiger partial charge on any atom is -0.371 e. The van der Waals surface area contributed by atoms with Gasteiger partial charge in [0.25, 0.3) is 0 Å². The SMILES string of the molecule is CNCC=Cc1ccccc1N1CCCC1. The number of hydrogen-bond donors (Lipinski definition) is 1. The van der Waals surface area contributed by atoms with Crippen LogP contribution in [-0.2, 0) is 0 Å². The van der Waals surface area contributed by atoms with Crippen LogP contribution in [0.5, 0.6) is 0 Å². The fourth-order valence-electron chi connectivity index (χ4n) is 2.18. The Kier molecular flexibility index (Phi) is 4.00. The van der Waals surface area contributed by atoms with E-state index in [1.165, 1.54) is 37.2 Å². The van der Waals surface area contributed by atoms with Gasteiger partial charge in [0, 0.05) is 25.3 Å². The lowest BCUT2D eigenvalue weighted by molar-refractivity contribution is 0.922. The number of nitrogens with zero attached hydrogens (tertiary/aromatic N) is 1. The predicted molar refractivity (Wildman–Crippen MR) is 70.8 cm³/mol. The average molecular weight is 216 g/mol. The van der Waals surface area contributed by atoms with Crippen LogP contribution in [0.1, 0.15) is 18.4 Å². The molecule has 2 nitrogen and oxygen atoms in total. The van der Waals surface area contributed by atoms with E-state index in [0.29, 0.717) is 0 Å². The van der Waals surface area contributed by atoms with Crippen molar-refractivity contribution in [2.24, 2.45) is 0 Å². The average Bonchev–Trinajstić information content (AvgIpc) is 2.83. The summed E-state index contributed by atoms with van der Waals surface area (Å²) >= 11 is 0. The number of likely N-dealkylation sites (N-methyl/N-ethyl adjacent to an activating group) is 1. The lowest BCUT2D eigenvalue weighted by Gasteiger charge is -2.19. The zero-order chi connectivity index (χ0) is 11.2. The number of para-hydroxylation sites is 1. The van der Waals surface area contributed by atoms with Gasteiger partial charge in [0.05, 0.1) is 0 Å². The van der Waals surface area contributed by atoms with E-state index >= 15 is 0 Å². The van der Waals surface area contributed by atoms with Crippen LogP contribution in [0.4, 0.5) is 5.69 Å². The third kappa shape index (κ3) is 2.64. The Morgan fingerprint density at radius 1 is 1.25 bits per heavy atom. The zero-order valence-corrected chi connectivity index (χ0v) is 9.95. The van der Waals surface area contributed by atoms with Gasteiger partial charge in [0.2, 0.25) is 0 Å². The molecule has 2 rings (SSSR count). The zero-order valence-electron chi connectivity index (χ0n) is 9.95. The molecular weight excluding hydrogens is 196 g/mol. The summed E-state index contributed by atoms with van der Waals surface area (Å²) in [6.07, 6.45) is 7.04. The van der Waals surface area contributed by atoms with Crippen LogP contribution in [0.2, 0.25) is 0 Å². The molecule has 2 heteroatoms. The molecule has 16 heavy (non-hydrogen) atoms. The minimum absolute atomic E-state index is 0.925. The molecule has 0 aromatic heterocycles. The first-order chi connectivity index (χ1) is 7.92. The summed E-state index contributed by atoms with van der Waals surface area (Å²) in [6, 6.07) is 8.66. The van der Waals surface area contributed by atoms with Gasteiger partial charge in [-0.2, -0.15) is 0 Å². The summed E-state index contributed by atoms with van der Waals surface area (Å²) < 4.78 is 0. The van der Waals surface area contributed by atoms with Crippen molar-refractivity contribution in [3.05, 3.63) is 35.9 Å². The summed E-state index contributed by atoms with van der Waals surface area (Å²) in [6.45, 7) is 3.34. The second-order valence-electron chi connectivity index (χ2n) is 4.21. The van der Waals surface area contributed by atoms with E-state index in [0.717, 1.165) is 6.54 Å². The molecule has 0 saturated carbocycles. The topological polar surface area (TPSA) is 15.3 Å². The fourth-order valence-corrected chi connectivity index (χ4v) is 2.18. The first-order valence-corrected chi connectivity index (χ1v) is 6.07. The Labute approximate surface area is 98.0 Å². The molecule has 1 N–H and O–H groups in total. The van der Waals surface area contributed by atoms with Crippen molar-refractivity contribution in [3.63, 3.8) is 0 Å². The molecule has 0 unspecified atom stereocenters. The van der Waals surface area contributed by atoms with Gasteiger partial charge in [-0.05, 0) is 31.5 Å². The van der Waals surface area contributed by atoms with E-state index in [-0.39, 0.29) is 0 Å². The maximum Gasteiger partial charge on any atom is 0.0439 e. The molecule has 0 bridgehead atoms. The Bertz CT molecular complexity index is 352. The number of nitrogens with one attached hydrogen (secondary N) is 1. The molecule has 1 heterocycles. The van der Waals surface area contributed by atoms with Gasteiger partial charge < -0.3 is 10.2 Å². The van der Waals surface area contributed by atoms with Gasteiger partial charge in [-0.1, -0.05) is 30.4 Å². The molecule has 1 fully saturated rings. The molecule has 0 spiro atoms. The molecule has 1 saturated heterocycles. The lowest BCUT2D eigenvalue weighted by atomic mass is 10.1. The molecule has 0 aliphatic carbocycles. The number of benzene rings is 1. The monoisotopic (exact) mass is 216 g/mol. The van der Waals surface area contributed by atoms with E-state index in [4.69, 9.17) is 0 Å². The van der Waals surface area contributed by atoms with Crippen molar-refractivity contribution >= 4 is 11.8 Å². The summed E-state index contributed by atoms with van der Waals surface area (Å²) in [5, 5.41) is 3.13. The van der Waals surface area contributed by atoms with Crippen LogP contribution in [-0.4, -0.2) is 26.7 Å². The third-order valence-corrected chi connectivity index (χ3v) is 3.00. The molecule has 86 valence electrons. The van der Waals surface area contributed by atoms with Crippen LogP contribution in [0.3, 0.4) is 0 Å². The molecule has 0 atom stereocenters. The molecule has 0 radical (unpaired) electrons. The Hall–Kier alpha value is -1.28. The van der Waals surface area contributed by atoms with Gasteiger partial charge in [0.15, 0.2) is 0 Å². The van der Waals surface area contributed by atoms with Crippen LogP contribution in [0.25, 0.3) is 6.08 Å². The van der Waals surface area contributed by atoms with E-state index in [1.807, 2.05) is 7.05 Å². The quantitative estimate of drug-likeness (QED) is 0.832. The van der Waals surface area contributed by atoms with Crippen molar-refractivity contribution in [3.8, 4) is 0 Å². The molecule has 0 amide bonds. The summed E-state index contributed by atoms with van der Waals surface area (Å²) in [5.74, 6) is 0. The van der Waals surface area contributed by atoms with Gasteiger partial charge >= 0.3 is 0 Å². The second kappa shape index (κ2) is 5.71. The number of rotatable bonds is 4.